The van der Waals surface area contributed by atoms with E-state index in [2.05, 4.69) is 10.1 Å². The van der Waals surface area contributed by atoms with E-state index in [-0.39, 0.29) is 5.78 Å². The molecule has 0 aliphatic rings. The molecule has 0 spiro atoms. The van der Waals surface area contributed by atoms with Gasteiger partial charge in [0.05, 0.1) is 0 Å². The molecule has 0 radical (unpaired) electrons. The van der Waals surface area contributed by atoms with Gasteiger partial charge in [-0.2, -0.15) is 10.4 Å². The monoisotopic (exact) mass is 254 g/mol. The first-order valence-electron chi connectivity index (χ1n) is 5.90. The van der Waals surface area contributed by atoms with Crippen LogP contribution in [0.15, 0.2) is 12.1 Å². The number of aryl methyl sites for hydroxylation is 2. The third-order valence-electron chi connectivity index (χ3n) is 2.96. The molecular formula is C14H14N4O. The van der Waals surface area contributed by atoms with Crippen LogP contribution in [0.25, 0.3) is 5.82 Å². The van der Waals surface area contributed by atoms with Gasteiger partial charge in [-0.25, -0.2) is 9.67 Å². The molecule has 19 heavy (non-hydrogen) atoms. The molecule has 0 aliphatic heterocycles. The molecular weight excluding hydrogens is 240 g/mol. The zero-order chi connectivity index (χ0) is 14.2. The molecule has 0 saturated carbocycles. The molecule has 2 rings (SSSR count). The van der Waals surface area contributed by atoms with Crippen molar-refractivity contribution in [3.63, 3.8) is 0 Å². The van der Waals surface area contributed by atoms with Gasteiger partial charge >= 0.3 is 0 Å². The molecule has 0 aromatic carbocycles. The fourth-order valence-corrected chi connectivity index (χ4v) is 2.04. The van der Waals surface area contributed by atoms with Crippen molar-refractivity contribution in [3.8, 4) is 11.9 Å². The summed E-state index contributed by atoms with van der Waals surface area (Å²) in [5.41, 5.74) is 3.31. The second kappa shape index (κ2) is 4.65. The van der Waals surface area contributed by atoms with Gasteiger partial charge in [-0.1, -0.05) is 0 Å². The van der Waals surface area contributed by atoms with E-state index >= 15 is 0 Å². The maximum atomic E-state index is 11.6. The lowest BCUT2D eigenvalue weighted by atomic mass is 10.1. The second-order valence-electron chi connectivity index (χ2n) is 4.51. The number of aromatic nitrogens is 3. The van der Waals surface area contributed by atoms with Crippen molar-refractivity contribution in [2.45, 2.75) is 27.7 Å². The average molecular weight is 254 g/mol. The highest BCUT2D eigenvalue weighted by Crippen LogP contribution is 2.19. The first-order valence-corrected chi connectivity index (χ1v) is 5.90. The fourth-order valence-electron chi connectivity index (χ4n) is 2.04. The van der Waals surface area contributed by atoms with Gasteiger partial charge in [0.2, 0.25) is 0 Å². The van der Waals surface area contributed by atoms with Gasteiger partial charge < -0.3 is 0 Å². The van der Waals surface area contributed by atoms with Gasteiger partial charge in [-0.3, -0.25) is 4.79 Å². The number of nitrogens with zero attached hydrogens (tertiary/aromatic N) is 4. The van der Waals surface area contributed by atoms with E-state index in [1.165, 1.54) is 6.92 Å². The van der Waals surface area contributed by atoms with Gasteiger partial charge in [-0.15, -0.1) is 0 Å². The Labute approximate surface area is 111 Å². The maximum Gasteiger partial charge on any atom is 0.163 e. The van der Waals surface area contributed by atoms with Crippen LogP contribution >= 0.6 is 0 Å². The molecule has 0 amide bonds. The molecule has 0 bridgehead atoms. The van der Waals surface area contributed by atoms with Crippen molar-refractivity contribution >= 4 is 5.78 Å². The summed E-state index contributed by atoms with van der Waals surface area (Å²) in [6.45, 7) is 7.05. The van der Waals surface area contributed by atoms with Crippen LogP contribution in [-0.4, -0.2) is 20.5 Å². The normalized spacial score (nSPS) is 10.3. The van der Waals surface area contributed by atoms with Gasteiger partial charge in [0, 0.05) is 22.5 Å². The Morgan fingerprint density at radius 3 is 2.53 bits per heavy atom. The number of rotatable bonds is 2. The first-order chi connectivity index (χ1) is 8.93. The first kappa shape index (κ1) is 13.0. The summed E-state index contributed by atoms with van der Waals surface area (Å²) in [4.78, 5) is 16.1. The van der Waals surface area contributed by atoms with E-state index in [1.807, 2.05) is 26.8 Å². The minimum Gasteiger partial charge on any atom is -0.294 e. The van der Waals surface area contributed by atoms with E-state index in [1.54, 1.807) is 16.8 Å². The molecule has 2 heterocycles. The van der Waals surface area contributed by atoms with Crippen LogP contribution in [0.4, 0.5) is 0 Å². The standard InChI is InChI=1S/C14H14N4O/c1-8-5-13(11(4)19)10(3)14(16-8)18-9(2)6-12(7-15)17-18/h5-6H,1-4H3. The fraction of sp³-hybridized carbons (Fsp3) is 0.286. The van der Waals surface area contributed by atoms with E-state index < -0.39 is 0 Å². The summed E-state index contributed by atoms with van der Waals surface area (Å²) in [5.74, 6) is 0.596. The Bertz CT molecular complexity index is 707. The number of carbonyl (C=O) groups excluding carboxylic acids is 1. The Morgan fingerprint density at radius 2 is 2.00 bits per heavy atom. The third kappa shape index (κ3) is 2.25. The molecule has 0 unspecified atom stereocenters. The molecule has 2 aromatic rings. The number of hydrogen-bond acceptors (Lipinski definition) is 4. The maximum absolute atomic E-state index is 11.6. The predicted octanol–water partition coefficient (Wildman–Crippen LogP) is 2.27. The minimum absolute atomic E-state index is 0.00503. The van der Waals surface area contributed by atoms with Crippen molar-refractivity contribution in [3.05, 3.63) is 40.3 Å². The van der Waals surface area contributed by atoms with E-state index in [0.29, 0.717) is 17.1 Å². The summed E-state index contributed by atoms with van der Waals surface area (Å²) < 4.78 is 1.60. The van der Waals surface area contributed by atoms with Gasteiger partial charge in [0.15, 0.2) is 17.3 Å². The Kier molecular flexibility index (Phi) is 3.17. The SMILES string of the molecule is CC(=O)c1cc(C)nc(-n2nc(C#N)cc2C)c1C. The van der Waals surface area contributed by atoms with Crippen molar-refractivity contribution in [2.24, 2.45) is 0 Å². The Balaban J connectivity index is 2.72. The van der Waals surface area contributed by atoms with Crippen molar-refractivity contribution in [1.82, 2.24) is 14.8 Å². The van der Waals surface area contributed by atoms with Crippen LogP contribution in [0.2, 0.25) is 0 Å². The molecule has 0 atom stereocenters. The summed E-state index contributed by atoms with van der Waals surface area (Å²) in [7, 11) is 0. The summed E-state index contributed by atoms with van der Waals surface area (Å²) in [5, 5.41) is 13.1. The lowest BCUT2D eigenvalue weighted by Crippen LogP contribution is -2.09. The van der Waals surface area contributed by atoms with E-state index in [4.69, 9.17) is 5.26 Å². The topological polar surface area (TPSA) is 71.6 Å². The van der Waals surface area contributed by atoms with E-state index in [0.717, 1.165) is 17.0 Å². The molecule has 96 valence electrons. The summed E-state index contributed by atoms with van der Waals surface area (Å²) in [6.07, 6.45) is 0. The van der Waals surface area contributed by atoms with Crippen LogP contribution in [0.5, 0.6) is 0 Å². The zero-order valence-corrected chi connectivity index (χ0v) is 11.4. The average Bonchev–Trinajstić information content (AvgIpc) is 2.72. The predicted molar refractivity (Wildman–Crippen MR) is 70.3 cm³/mol. The highest BCUT2D eigenvalue weighted by atomic mass is 16.1. The molecule has 0 N–H and O–H groups in total. The number of ketones is 1. The largest absolute Gasteiger partial charge is 0.294 e. The number of pyridine rings is 1. The van der Waals surface area contributed by atoms with Crippen molar-refractivity contribution < 1.29 is 4.79 Å². The van der Waals surface area contributed by atoms with Crippen molar-refractivity contribution in [2.75, 3.05) is 0 Å². The number of nitriles is 1. The molecule has 5 nitrogen and oxygen atoms in total. The van der Waals surface area contributed by atoms with E-state index in [9.17, 15) is 4.79 Å². The van der Waals surface area contributed by atoms with Crippen LogP contribution in [0.1, 0.15) is 39.9 Å². The number of carbonyl (C=O) groups is 1. The smallest absolute Gasteiger partial charge is 0.163 e. The quantitative estimate of drug-likeness (QED) is 0.771. The zero-order valence-electron chi connectivity index (χ0n) is 11.4. The second-order valence-corrected chi connectivity index (χ2v) is 4.51. The molecule has 2 aromatic heterocycles. The lowest BCUT2D eigenvalue weighted by Gasteiger charge is -2.11. The highest BCUT2D eigenvalue weighted by molar-refractivity contribution is 5.96. The van der Waals surface area contributed by atoms with Gasteiger partial charge in [0.25, 0.3) is 0 Å². The lowest BCUT2D eigenvalue weighted by molar-refractivity contribution is 0.101. The van der Waals surface area contributed by atoms with Gasteiger partial charge in [0.1, 0.15) is 6.07 Å². The molecule has 0 aliphatic carbocycles. The Morgan fingerprint density at radius 1 is 1.32 bits per heavy atom. The van der Waals surface area contributed by atoms with Crippen LogP contribution in [0.3, 0.4) is 0 Å². The number of Topliss-reactive ketones (excluding diaryl/α,β-unsaturated/α-hetero) is 1. The third-order valence-corrected chi connectivity index (χ3v) is 2.96. The molecule has 5 heteroatoms. The molecule has 0 saturated heterocycles. The number of hydrogen-bond donors (Lipinski definition) is 0. The summed E-state index contributed by atoms with van der Waals surface area (Å²) in [6, 6.07) is 5.46. The summed E-state index contributed by atoms with van der Waals surface area (Å²) >= 11 is 0. The Hall–Kier alpha value is -2.48. The van der Waals surface area contributed by atoms with Crippen LogP contribution in [-0.2, 0) is 0 Å². The van der Waals surface area contributed by atoms with Crippen molar-refractivity contribution in [1.29, 1.82) is 5.26 Å². The van der Waals surface area contributed by atoms with Crippen LogP contribution < -0.4 is 0 Å². The highest BCUT2D eigenvalue weighted by Gasteiger charge is 2.15. The molecule has 0 fully saturated rings. The van der Waals surface area contributed by atoms with Crippen LogP contribution in [0, 0.1) is 32.1 Å². The van der Waals surface area contributed by atoms with Gasteiger partial charge in [-0.05, 0) is 39.8 Å². The minimum atomic E-state index is -0.00503.